The molecule has 3 N–H and O–H groups in total. The molecule has 1 heterocycles. The zero-order chi connectivity index (χ0) is 13.0. The Hall–Kier alpha value is -1.29. The van der Waals surface area contributed by atoms with Gasteiger partial charge in [-0.3, -0.25) is 0 Å². The molecule has 1 saturated carbocycles. The van der Waals surface area contributed by atoms with E-state index in [1.54, 1.807) is 0 Å². The van der Waals surface area contributed by atoms with E-state index >= 15 is 0 Å². The third kappa shape index (κ3) is 3.35. The maximum Gasteiger partial charge on any atom is 0.128 e. The third-order valence-electron chi connectivity index (χ3n) is 3.67. The van der Waals surface area contributed by atoms with E-state index in [1.807, 2.05) is 25.2 Å². The molecule has 1 fully saturated rings. The van der Waals surface area contributed by atoms with E-state index in [0.29, 0.717) is 12.5 Å². The molecule has 1 aliphatic carbocycles. The fraction of sp³-hybridized carbons (Fsp3) is 0.643. The van der Waals surface area contributed by atoms with E-state index in [0.717, 1.165) is 30.9 Å². The molecule has 100 valence electrons. The predicted octanol–water partition coefficient (Wildman–Crippen LogP) is 2.48. The van der Waals surface area contributed by atoms with Crippen molar-refractivity contribution in [2.24, 2.45) is 5.92 Å². The van der Waals surface area contributed by atoms with Gasteiger partial charge in [-0.25, -0.2) is 4.98 Å². The largest absolute Gasteiger partial charge is 0.388 e. The van der Waals surface area contributed by atoms with Gasteiger partial charge < -0.3 is 15.7 Å². The number of hydrogen-bond acceptors (Lipinski definition) is 4. The first kappa shape index (κ1) is 13.1. The topological polar surface area (TPSA) is 57.2 Å². The monoisotopic (exact) mass is 249 g/mol. The van der Waals surface area contributed by atoms with Gasteiger partial charge >= 0.3 is 0 Å². The van der Waals surface area contributed by atoms with Crippen molar-refractivity contribution in [2.75, 3.05) is 24.2 Å². The second-order valence-electron chi connectivity index (χ2n) is 5.44. The van der Waals surface area contributed by atoms with Crippen LogP contribution in [0.5, 0.6) is 0 Å². The third-order valence-corrected chi connectivity index (χ3v) is 3.67. The van der Waals surface area contributed by atoms with Crippen molar-refractivity contribution in [3.8, 4) is 0 Å². The molecule has 18 heavy (non-hydrogen) atoms. The van der Waals surface area contributed by atoms with Crippen molar-refractivity contribution in [1.82, 2.24) is 4.98 Å². The van der Waals surface area contributed by atoms with Crippen molar-refractivity contribution in [1.29, 1.82) is 0 Å². The highest BCUT2D eigenvalue weighted by Crippen LogP contribution is 2.32. The second-order valence-corrected chi connectivity index (χ2v) is 5.44. The summed E-state index contributed by atoms with van der Waals surface area (Å²) in [5.41, 5.74) is -0.574. The molecule has 4 heteroatoms. The molecular formula is C14H23N3O. The van der Waals surface area contributed by atoms with E-state index in [1.165, 1.54) is 6.42 Å². The van der Waals surface area contributed by atoms with Gasteiger partial charge in [0.25, 0.3) is 0 Å². The number of aliphatic hydroxyl groups is 1. The average Bonchev–Trinajstić information content (AvgIpc) is 2.37. The van der Waals surface area contributed by atoms with Gasteiger partial charge in [-0.05, 0) is 30.9 Å². The SMILES string of the molecule is CNc1cccc(NCC2(O)CCCC(C)C2)n1. The zero-order valence-electron chi connectivity index (χ0n) is 11.2. The number of rotatable bonds is 4. The van der Waals surface area contributed by atoms with Crippen LogP contribution >= 0.6 is 0 Å². The van der Waals surface area contributed by atoms with Crippen LogP contribution in [0.15, 0.2) is 18.2 Å². The number of aromatic nitrogens is 1. The molecular weight excluding hydrogens is 226 g/mol. The molecule has 0 radical (unpaired) electrons. The lowest BCUT2D eigenvalue weighted by Gasteiger charge is -2.35. The summed E-state index contributed by atoms with van der Waals surface area (Å²) in [5.74, 6) is 2.26. The normalized spacial score (nSPS) is 27.8. The Balaban J connectivity index is 1.93. The molecule has 1 aromatic heterocycles. The maximum absolute atomic E-state index is 10.5. The predicted molar refractivity (Wildman–Crippen MR) is 74.9 cm³/mol. The van der Waals surface area contributed by atoms with Gasteiger partial charge in [-0.15, -0.1) is 0 Å². The summed E-state index contributed by atoms with van der Waals surface area (Å²) in [6.45, 7) is 2.79. The molecule has 0 spiro atoms. The fourth-order valence-electron chi connectivity index (χ4n) is 2.72. The van der Waals surface area contributed by atoms with Crippen LogP contribution in [0.2, 0.25) is 0 Å². The van der Waals surface area contributed by atoms with Crippen LogP contribution in [0.25, 0.3) is 0 Å². The Labute approximate surface area is 109 Å². The summed E-state index contributed by atoms with van der Waals surface area (Å²) in [5, 5.41) is 16.8. The average molecular weight is 249 g/mol. The van der Waals surface area contributed by atoms with Gasteiger partial charge in [0.05, 0.1) is 5.60 Å². The summed E-state index contributed by atoms with van der Waals surface area (Å²) in [4.78, 5) is 4.39. The minimum Gasteiger partial charge on any atom is -0.388 e. The van der Waals surface area contributed by atoms with Crippen molar-refractivity contribution in [3.05, 3.63) is 18.2 Å². The number of nitrogens with one attached hydrogen (secondary N) is 2. The van der Waals surface area contributed by atoms with Gasteiger partial charge in [0.1, 0.15) is 11.6 Å². The standard InChI is InChI=1S/C14H23N3O/c1-11-5-4-8-14(18,9-11)10-16-13-7-3-6-12(15-2)17-13/h3,6-7,11,18H,4-5,8-10H2,1-2H3,(H2,15,16,17). The molecule has 2 rings (SSSR count). The van der Waals surface area contributed by atoms with Crippen LogP contribution in [0.1, 0.15) is 32.6 Å². The molecule has 0 aromatic carbocycles. The Morgan fingerprint density at radius 2 is 2.22 bits per heavy atom. The maximum atomic E-state index is 10.5. The minimum absolute atomic E-state index is 0.574. The number of anilines is 2. The summed E-state index contributed by atoms with van der Waals surface area (Å²) < 4.78 is 0. The molecule has 0 aliphatic heterocycles. The summed E-state index contributed by atoms with van der Waals surface area (Å²) in [6.07, 6.45) is 4.11. The van der Waals surface area contributed by atoms with E-state index in [2.05, 4.69) is 22.5 Å². The lowest BCUT2D eigenvalue weighted by atomic mass is 9.79. The van der Waals surface area contributed by atoms with Crippen LogP contribution in [-0.4, -0.2) is 29.3 Å². The van der Waals surface area contributed by atoms with E-state index in [4.69, 9.17) is 0 Å². The number of hydrogen-bond donors (Lipinski definition) is 3. The number of pyridine rings is 1. The Kier molecular flexibility index (Phi) is 4.07. The Morgan fingerprint density at radius 1 is 1.44 bits per heavy atom. The van der Waals surface area contributed by atoms with Gasteiger partial charge in [0, 0.05) is 13.6 Å². The lowest BCUT2D eigenvalue weighted by molar-refractivity contribution is -0.000824. The highest BCUT2D eigenvalue weighted by Gasteiger charge is 2.32. The van der Waals surface area contributed by atoms with Crippen molar-refractivity contribution < 1.29 is 5.11 Å². The fourth-order valence-corrected chi connectivity index (χ4v) is 2.72. The zero-order valence-corrected chi connectivity index (χ0v) is 11.2. The molecule has 1 aromatic rings. The molecule has 2 unspecified atom stereocenters. The molecule has 4 nitrogen and oxygen atoms in total. The minimum atomic E-state index is -0.574. The number of nitrogens with zero attached hydrogens (tertiary/aromatic N) is 1. The second kappa shape index (κ2) is 5.57. The van der Waals surface area contributed by atoms with Crippen molar-refractivity contribution in [3.63, 3.8) is 0 Å². The van der Waals surface area contributed by atoms with Crippen LogP contribution < -0.4 is 10.6 Å². The molecule has 0 amide bonds. The van der Waals surface area contributed by atoms with Gasteiger partial charge in [0.15, 0.2) is 0 Å². The van der Waals surface area contributed by atoms with Crippen molar-refractivity contribution >= 4 is 11.6 Å². The van der Waals surface area contributed by atoms with Crippen LogP contribution in [0.3, 0.4) is 0 Å². The molecule has 0 saturated heterocycles. The first-order valence-electron chi connectivity index (χ1n) is 6.72. The van der Waals surface area contributed by atoms with Crippen LogP contribution in [0, 0.1) is 5.92 Å². The highest BCUT2D eigenvalue weighted by molar-refractivity contribution is 5.44. The lowest BCUT2D eigenvalue weighted by Crippen LogP contribution is -2.41. The first-order valence-corrected chi connectivity index (χ1v) is 6.72. The van der Waals surface area contributed by atoms with E-state index in [-0.39, 0.29) is 0 Å². The Morgan fingerprint density at radius 3 is 2.94 bits per heavy atom. The summed E-state index contributed by atoms with van der Waals surface area (Å²) >= 11 is 0. The van der Waals surface area contributed by atoms with Crippen LogP contribution in [-0.2, 0) is 0 Å². The van der Waals surface area contributed by atoms with Crippen molar-refractivity contribution in [2.45, 2.75) is 38.2 Å². The molecule has 0 bridgehead atoms. The highest BCUT2D eigenvalue weighted by atomic mass is 16.3. The van der Waals surface area contributed by atoms with Gasteiger partial charge in [-0.1, -0.05) is 25.8 Å². The molecule has 1 aliphatic rings. The van der Waals surface area contributed by atoms with Gasteiger partial charge in [-0.2, -0.15) is 0 Å². The van der Waals surface area contributed by atoms with Gasteiger partial charge in [0.2, 0.25) is 0 Å². The molecule has 2 atom stereocenters. The summed E-state index contributed by atoms with van der Waals surface area (Å²) in [7, 11) is 1.85. The van der Waals surface area contributed by atoms with E-state index in [9.17, 15) is 5.11 Å². The van der Waals surface area contributed by atoms with Crippen LogP contribution in [0.4, 0.5) is 11.6 Å². The Bertz CT molecular complexity index is 396. The smallest absolute Gasteiger partial charge is 0.128 e. The first-order chi connectivity index (χ1) is 8.61. The quantitative estimate of drug-likeness (QED) is 0.767. The summed E-state index contributed by atoms with van der Waals surface area (Å²) in [6, 6.07) is 5.80. The van der Waals surface area contributed by atoms with E-state index < -0.39 is 5.60 Å².